The lowest BCUT2D eigenvalue weighted by atomic mass is 9.69. The highest BCUT2D eigenvalue weighted by Crippen LogP contribution is 2.42. The number of rotatable bonds is 4. The molecule has 0 unspecified atom stereocenters. The van der Waals surface area contributed by atoms with E-state index in [9.17, 15) is 8.42 Å². The second-order valence-corrected chi connectivity index (χ2v) is 9.66. The smallest absolute Gasteiger partial charge is 0.243 e. The molecule has 4 rings (SSSR count). The highest BCUT2D eigenvalue weighted by molar-refractivity contribution is 7.89. The van der Waals surface area contributed by atoms with E-state index in [-0.39, 0.29) is 24.4 Å². The highest BCUT2D eigenvalue weighted by Gasteiger charge is 2.46. The molecular formula is C24H24FNO2S. The van der Waals surface area contributed by atoms with Gasteiger partial charge in [-0.2, -0.15) is 4.31 Å². The molecule has 150 valence electrons. The summed E-state index contributed by atoms with van der Waals surface area (Å²) >= 11 is 0. The van der Waals surface area contributed by atoms with Gasteiger partial charge in [-0.15, -0.1) is 0 Å². The maximum absolute atomic E-state index is 15.1. The Morgan fingerprint density at radius 3 is 1.90 bits per heavy atom. The fraction of sp³-hybridized carbons (Fsp3) is 0.250. The van der Waals surface area contributed by atoms with Crippen LogP contribution in [0.15, 0.2) is 89.8 Å². The largest absolute Gasteiger partial charge is 0.246 e. The summed E-state index contributed by atoms with van der Waals surface area (Å²) in [5.74, 6) is 0. The number of piperidine rings is 1. The van der Waals surface area contributed by atoms with E-state index >= 15 is 4.39 Å². The molecule has 3 aromatic rings. The molecule has 1 aliphatic rings. The van der Waals surface area contributed by atoms with Gasteiger partial charge in [0.25, 0.3) is 0 Å². The summed E-state index contributed by atoms with van der Waals surface area (Å²) in [5.41, 5.74) is 2.10. The minimum atomic E-state index is -3.81. The topological polar surface area (TPSA) is 37.4 Å². The Labute approximate surface area is 171 Å². The van der Waals surface area contributed by atoms with Gasteiger partial charge >= 0.3 is 0 Å². The standard InChI is InChI=1S/C24H24FNO2S/c1-19-12-14-23(15-13-19)29(27,28)26-17-22(25)16-24(18-26,20-8-4-2-5-9-20)21-10-6-3-7-11-21/h2-15,22H,16-18H2,1H3/t22-/m0/s1. The van der Waals surface area contributed by atoms with E-state index in [2.05, 4.69) is 0 Å². The van der Waals surface area contributed by atoms with E-state index in [1.54, 1.807) is 24.3 Å². The number of halogens is 1. The van der Waals surface area contributed by atoms with Gasteiger partial charge in [-0.25, -0.2) is 12.8 Å². The Balaban J connectivity index is 1.82. The number of benzene rings is 3. The first-order valence-corrected chi connectivity index (χ1v) is 11.2. The third-order valence-corrected chi connectivity index (χ3v) is 7.56. The van der Waals surface area contributed by atoms with Gasteiger partial charge in [-0.1, -0.05) is 78.4 Å². The Kier molecular flexibility index (Phi) is 5.28. The van der Waals surface area contributed by atoms with E-state index in [0.717, 1.165) is 16.7 Å². The normalized spacial score (nSPS) is 19.7. The molecule has 0 aliphatic carbocycles. The Morgan fingerprint density at radius 2 is 1.38 bits per heavy atom. The third kappa shape index (κ3) is 3.72. The summed E-state index contributed by atoms with van der Waals surface area (Å²) in [6.07, 6.45) is -1.01. The van der Waals surface area contributed by atoms with Crippen LogP contribution in [0.1, 0.15) is 23.1 Å². The van der Waals surface area contributed by atoms with E-state index in [1.807, 2.05) is 67.6 Å². The molecule has 1 heterocycles. The van der Waals surface area contributed by atoms with Crippen molar-refractivity contribution in [1.82, 2.24) is 4.31 Å². The first-order valence-electron chi connectivity index (χ1n) is 9.74. The third-order valence-electron chi connectivity index (χ3n) is 5.73. The fourth-order valence-corrected chi connectivity index (χ4v) is 5.76. The van der Waals surface area contributed by atoms with Gasteiger partial charge in [0, 0.05) is 18.5 Å². The monoisotopic (exact) mass is 409 g/mol. The molecule has 0 saturated carbocycles. The van der Waals surface area contributed by atoms with Gasteiger partial charge in [0.15, 0.2) is 0 Å². The van der Waals surface area contributed by atoms with Crippen LogP contribution in [0.5, 0.6) is 0 Å². The molecule has 1 atom stereocenters. The number of sulfonamides is 1. The second kappa shape index (κ2) is 7.73. The van der Waals surface area contributed by atoms with Crippen molar-refractivity contribution in [1.29, 1.82) is 0 Å². The predicted octanol–water partition coefficient (Wildman–Crippen LogP) is 4.71. The van der Waals surface area contributed by atoms with Crippen molar-refractivity contribution in [3.8, 4) is 0 Å². The number of aryl methyl sites for hydroxylation is 1. The summed E-state index contributed by atoms with van der Waals surface area (Å²) in [6.45, 7) is 1.99. The van der Waals surface area contributed by atoms with Gasteiger partial charge < -0.3 is 0 Å². The number of alkyl halides is 1. The molecule has 0 spiro atoms. The zero-order valence-corrected chi connectivity index (χ0v) is 17.1. The lowest BCUT2D eigenvalue weighted by Crippen LogP contribution is -2.53. The number of hydrogen-bond acceptors (Lipinski definition) is 2. The van der Waals surface area contributed by atoms with Crippen molar-refractivity contribution in [3.63, 3.8) is 0 Å². The van der Waals surface area contributed by atoms with Crippen molar-refractivity contribution < 1.29 is 12.8 Å². The summed E-state index contributed by atoms with van der Waals surface area (Å²) in [5, 5.41) is 0. The van der Waals surface area contributed by atoms with Crippen LogP contribution < -0.4 is 0 Å². The molecule has 3 nitrogen and oxygen atoms in total. The molecule has 0 amide bonds. The summed E-state index contributed by atoms with van der Waals surface area (Å²) in [7, 11) is -3.81. The Morgan fingerprint density at radius 1 is 0.862 bits per heavy atom. The second-order valence-electron chi connectivity index (χ2n) is 7.73. The Bertz CT molecular complexity index is 1030. The van der Waals surface area contributed by atoms with Crippen LogP contribution in [0.25, 0.3) is 0 Å². The van der Waals surface area contributed by atoms with E-state index in [1.165, 1.54) is 4.31 Å². The molecule has 0 aromatic heterocycles. The number of nitrogens with zero attached hydrogens (tertiary/aromatic N) is 1. The van der Waals surface area contributed by atoms with Crippen LogP contribution in [-0.4, -0.2) is 32.0 Å². The molecule has 0 bridgehead atoms. The SMILES string of the molecule is Cc1ccc(S(=O)(=O)N2C[C@@H](F)CC(c3ccccc3)(c3ccccc3)C2)cc1. The highest BCUT2D eigenvalue weighted by atomic mass is 32.2. The van der Waals surface area contributed by atoms with Crippen molar-refractivity contribution in [2.75, 3.05) is 13.1 Å². The van der Waals surface area contributed by atoms with E-state index < -0.39 is 21.6 Å². The molecular weight excluding hydrogens is 385 g/mol. The van der Waals surface area contributed by atoms with Gasteiger partial charge in [0.1, 0.15) is 6.17 Å². The average molecular weight is 410 g/mol. The Hall–Kier alpha value is -2.50. The zero-order chi connectivity index (χ0) is 20.5. The first-order chi connectivity index (χ1) is 13.9. The fourth-order valence-electron chi connectivity index (χ4n) is 4.24. The van der Waals surface area contributed by atoms with E-state index in [4.69, 9.17) is 0 Å². The van der Waals surface area contributed by atoms with Crippen LogP contribution in [0.4, 0.5) is 4.39 Å². The van der Waals surface area contributed by atoms with Crippen molar-refractivity contribution in [2.24, 2.45) is 0 Å². The molecule has 29 heavy (non-hydrogen) atoms. The van der Waals surface area contributed by atoms with Crippen LogP contribution in [-0.2, 0) is 15.4 Å². The maximum Gasteiger partial charge on any atom is 0.243 e. The van der Waals surface area contributed by atoms with Crippen LogP contribution >= 0.6 is 0 Å². The molecule has 0 N–H and O–H groups in total. The first kappa shape index (κ1) is 19.8. The minimum Gasteiger partial charge on any atom is -0.246 e. The lowest BCUT2D eigenvalue weighted by molar-refractivity contribution is 0.148. The summed E-state index contributed by atoms with van der Waals surface area (Å²) < 4.78 is 43.1. The average Bonchev–Trinajstić information content (AvgIpc) is 2.75. The maximum atomic E-state index is 15.1. The molecule has 3 aromatic carbocycles. The molecule has 0 radical (unpaired) electrons. The predicted molar refractivity (Wildman–Crippen MR) is 113 cm³/mol. The van der Waals surface area contributed by atoms with Gasteiger partial charge in [0.2, 0.25) is 10.0 Å². The molecule has 5 heteroatoms. The minimum absolute atomic E-state index is 0.127. The van der Waals surface area contributed by atoms with Gasteiger partial charge in [-0.05, 0) is 36.6 Å². The van der Waals surface area contributed by atoms with Crippen molar-refractivity contribution >= 4 is 10.0 Å². The van der Waals surface area contributed by atoms with Gasteiger partial charge in [0.05, 0.1) is 4.90 Å². The molecule has 1 aliphatic heterocycles. The molecule has 1 fully saturated rings. The summed E-state index contributed by atoms with van der Waals surface area (Å²) in [4.78, 5) is 0.201. The van der Waals surface area contributed by atoms with Crippen LogP contribution in [0, 0.1) is 6.92 Å². The van der Waals surface area contributed by atoms with Crippen LogP contribution in [0.2, 0.25) is 0 Å². The van der Waals surface area contributed by atoms with Gasteiger partial charge in [-0.3, -0.25) is 0 Å². The summed E-state index contributed by atoms with van der Waals surface area (Å²) in [6, 6.07) is 26.1. The molecule has 1 saturated heterocycles. The number of hydrogen-bond donors (Lipinski definition) is 0. The van der Waals surface area contributed by atoms with Crippen molar-refractivity contribution in [3.05, 3.63) is 102 Å². The van der Waals surface area contributed by atoms with Crippen molar-refractivity contribution in [2.45, 2.75) is 29.8 Å². The van der Waals surface area contributed by atoms with Crippen LogP contribution in [0.3, 0.4) is 0 Å². The lowest BCUT2D eigenvalue weighted by Gasteiger charge is -2.44. The quantitative estimate of drug-likeness (QED) is 0.626. The van der Waals surface area contributed by atoms with E-state index in [0.29, 0.717) is 0 Å². The zero-order valence-electron chi connectivity index (χ0n) is 16.3.